The fourth-order valence-electron chi connectivity index (χ4n) is 1.93. The molecule has 0 amide bonds. The minimum Gasteiger partial charge on any atom is -0.494 e. The zero-order valence-corrected chi connectivity index (χ0v) is 14.1. The minimum absolute atomic E-state index is 0.166. The highest BCUT2D eigenvalue weighted by molar-refractivity contribution is 9.11. The van der Waals surface area contributed by atoms with Gasteiger partial charge in [-0.05, 0) is 59.1 Å². The highest BCUT2D eigenvalue weighted by atomic mass is 79.9. The number of hydrogen-bond acceptors (Lipinski definition) is 4. The number of halogens is 1. The molecule has 3 nitrogen and oxygen atoms in total. The first-order chi connectivity index (χ1) is 10.1. The van der Waals surface area contributed by atoms with Gasteiger partial charge in [0.2, 0.25) is 0 Å². The zero-order valence-electron chi connectivity index (χ0n) is 11.7. The largest absolute Gasteiger partial charge is 0.494 e. The highest BCUT2D eigenvalue weighted by Gasteiger charge is 2.23. The van der Waals surface area contributed by atoms with Gasteiger partial charge < -0.3 is 4.74 Å². The quantitative estimate of drug-likeness (QED) is 0.722. The number of benzene rings is 1. The summed E-state index contributed by atoms with van der Waals surface area (Å²) in [4.78, 5) is 13.1. The number of thiophene rings is 1. The standard InChI is InChI=1S/C16H14BrNO2S/c1-3-20-12-6-4-11(5-7-12)13(9-18)15(19)14-8-10(2)16(17)21-14/h4-8,13H,3H2,1-2H3. The summed E-state index contributed by atoms with van der Waals surface area (Å²) in [6.45, 7) is 4.42. The maximum Gasteiger partial charge on any atom is 0.194 e. The second kappa shape index (κ2) is 6.88. The number of hydrogen-bond donors (Lipinski definition) is 0. The van der Waals surface area contributed by atoms with Gasteiger partial charge in [-0.3, -0.25) is 4.79 Å². The van der Waals surface area contributed by atoms with E-state index in [1.54, 1.807) is 24.3 Å². The lowest BCUT2D eigenvalue weighted by atomic mass is 9.95. The summed E-state index contributed by atoms with van der Waals surface area (Å²) in [6, 6.07) is 11.0. The van der Waals surface area contributed by atoms with E-state index in [1.165, 1.54) is 11.3 Å². The molecule has 0 saturated heterocycles. The number of Topliss-reactive ketones (excluding diaryl/α,β-unsaturated/α-hetero) is 1. The molecule has 5 heteroatoms. The Bertz CT molecular complexity index is 666. The first-order valence-electron chi connectivity index (χ1n) is 6.49. The fraction of sp³-hybridized carbons (Fsp3) is 0.250. The Labute approximate surface area is 136 Å². The van der Waals surface area contributed by atoms with Crippen molar-refractivity contribution in [2.45, 2.75) is 19.8 Å². The molecule has 0 radical (unpaired) electrons. The van der Waals surface area contributed by atoms with Crippen molar-refractivity contribution in [2.75, 3.05) is 6.61 Å². The van der Waals surface area contributed by atoms with Gasteiger partial charge in [0, 0.05) is 0 Å². The molecule has 1 aromatic heterocycles. The molecule has 0 aliphatic rings. The van der Waals surface area contributed by atoms with Crippen molar-refractivity contribution in [3.8, 4) is 11.8 Å². The number of carbonyl (C=O) groups excluding carboxylic acids is 1. The number of nitrogens with zero attached hydrogens (tertiary/aromatic N) is 1. The second-order valence-corrected chi connectivity index (χ2v) is 6.87. The van der Waals surface area contributed by atoms with Crippen molar-refractivity contribution >= 4 is 33.0 Å². The predicted molar refractivity (Wildman–Crippen MR) is 87.1 cm³/mol. The van der Waals surface area contributed by atoms with E-state index in [1.807, 2.05) is 19.9 Å². The molecule has 0 spiro atoms. The molecule has 1 heterocycles. The fourth-order valence-corrected chi connectivity index (χ4v) is 3.44. The van der Waals surface area contributed by atoms with Gasteiger partial charge in [0.1, 0.15) is 11.7 Å². The van der Waals surface area contributed by atoms with Crippen LogP contribution >= 0.6 is 27.3 Å². The van der Waals surface area contributed by atoms with Gasteiger partial charge in [-0.15, -0.1) is 11.3 Å². The Morgan fingerprint density at radius 2 is 2.10 bits per heavy atom. The number of ketones is 1. The van der Waals surface area contributed by atoms with E-state index in [9.17, 15) is 10.1 Å². The van der Waals surface area contributed by atoms with E-state index in [0.717, 1.165) is 15.1 Å². The SMILES string of the molecule is CCOc1ccc(C(C#N)C(=O)c2cc(C)c(Br)s2)cc1. The van der Waals surface area contributed by atoms with Gasteiger partial charge in [-0.2, -0.15) is 5.26 Å². The molecule has 21 heavy (non-hydrogen) atoms. The molecular formula is C16H14BrNO2S. The number of nitriles is 1. The molecule has 1 aromatic carbocycles. The van der Waals surface area contributed by atoms with Gasteiger partial charge in [-0.1, -0.05) is 12.1 Å². The van der Waals surface area contributed by atoms with Crippen molar-refractivity contribution < 1.29 is 9.53 Å². The molecule has 2 rings (SSSR count). The van der Waals surface area contributed by atoms with Gasteiger partial charge in [-0.25, -0.2) is 0 Å². The van der Waals surface area contributed by atoms with E-state index >= 15 is 0 Å². The minimum atomic E-state index is -0.786. The van der Waals surface area contributed by atoms with E-state index in [2.05, 4.69) is 22.0 Å². The average Bonchev–Trinajstić information content (AvgIpc) is 2.81. The van der Waals surface area contributed by atoms with Crippen molar-refractivity contribution in [3.05, 3.63) is 50.1 Å². The lowest BCUT2D eigenvalue weighted by Gasteiger charge is -2.08. The van der Waals surface area contributed by atoms with Crippen LogP contribution in [0.15, 0.2) is 34.1 Å². The van der Waals surface area contributed by atoms with Crippen LogP contribution in [0.3, 0.4) is 0 Å². The summed E-state index contributed by atoms with van der Waals surface area (Å²) in [6.07, 6.45) is 0. The zero-order chi connectivity index (χ0) is 15.4. The van der Waals surface area contributed by atoms with Crippen LogP contribution in [0, 0.1) is 18.3 Å². The second-order valence-electron chi connectivity index (χ2n) is 4.50. The van der Waals surface area contributed by atoms with Gasteiger partial charge in [0.05, 0.1) is 21.3 Å². The molecule has 108 valence electrons. The van der Waals surface area contributed by atoms with E-state index < -0.39 is 5.92 Å². The molecule has 0 aliphatic heterocycles. The number of ether oxygens (including phenoxy) is 1. The Balaban J connectivity index is 2.27. The summed E-state index contributed by atoms with van der Waals surface area (Å²) < 4.78 is 6.29. The maximum absolute atomic E-state index is 12.5. The Hall–Kier alpha value is -1.64. The smallest absolute Gasteiger partial charge is 0.194 e. The van der Waals surface area contributed by atoms with E-state index in [4.69, 9.17) is 4.74 Å². The average molecular weight is 364 g/mol. The van der Waals surface area contributed by atoms with Crippen LogP contribution in [0.2, 0.25) is 0 Å². The number of rotatable bonds is 5. The molecule has 0 fully saturated rings. The van der Waals surface area contributed by atoms with Gasteiger partial charge >= 0.3 is 0 Å². The molecule has 0 aliphatic carbocycles. The van der Waals surface area contributed by atoms with Crippen LogP contribution in [-0.2, 0) is 0 Å². The number of carbonyl (C=O) groups is 1. The third-order valence-corrected chi connectivity index (χ3v) is 5.17. The molecule has 0 saturated carbocycles. The maximum atomic E-state index is 12.5. The lowest BCUT2D eigenvalue weighted by Crippen LogP contribution is -2.09. The predicted octanol–water partition coefficient (Wildman–Crippen LogP) is 4.71. The van der Waals surface area contributed by atoms with Crippen molar-refractivity contribution in [1.29, 1.82) is 5.26 Å². The third-order valence-electron chi connectivity index (χ3n) is 3.02. The summed E-state index contributed by atoms with van der Waals surface area (Å²) >= 11 is 4.77. The molecule has 0 N–H and O–H groups in total. The van der Waals surface area contributed by atoms with E-state index in [-0.39, 0.29) is 5.78 Å². The van der Waals surface area contributed by atoms with Crippen LogP contribution < -0.4 is 4.74 Å². The number of aryl methyl sites for hydroxylation is 1. The Morgan fingerprint density at radius 3 is 2.57 bits per heavy atom. The van der Waals surface area contributed by atoms with E-state index in [0.29, 0.717) is 17.0 Å². The van der Waals surface area contributed by atoms with Crippen LogP contribution in [-0.4, -0.2) is 12.4 Å². The van der Waals surface area contributed by atoms with Crippen molar-refractivity contribution in [1.82, 2.24) is 0 Å². The Morgan fingerprint density at radius 1 is 1.43 bits per heavy atom. The van der Waals surface area contributed by atoms with Crippen LogP contribution in [0.1, 0.15) is 33.6 Å². The van der Waals surface area contributed by atoms with Gasteiger partial charge in [0.15, 0.2) is 5.78 Å². The molecule has 0 bridgehead atoms. The Kier molecular flexibility index (Phi) is 5.16. The first kappa shape index (κ1) is 15.7. The topological polar surface area (TPSA) is 50.1 Å². The third kappa shape index (κ3) is 3.52. The molecule has 1 atom stereocenters. The molecule has 2 aromatic rings. The normalized spacial score (nSPS) is 11.7. The molecule has 1 unspecified atom stereocenters. The lowest BCUT2D eigenvalue weighted by molar-refractivity contribution is 0.0982. The summed E-state index contributed by atoms with van der Waals surface area (Å²) in [7, 11) is 0. The van der Waals surface area contributed by atoms with Crippen molar-refractivity contribution in [3.63, 3.8) is 0 Å². The van der Waals surface area contributed by atoms with Crippen LogP contribution in [0.25, 0.3) is 0 Å². The van der Waals surface area contributed by atoms with Crippen LogP contribution in [0.5, 0.6) is 5.75 Å². The molecular weight excluding hydrogens is 350 g/mol. The van der Waals surface area contributed by atoms with Crippen molar-refractivity contribution in [2.24, 2.45) is 0 Å². The first-order valence-corrected chi connectivity index (χ1v) is 8.10. The highest BCUT2D eigenvalue weighted by Crippen LogP contribution is 2.31. The van der Waals surface area contributed by atoms with Crippen LogP contribution in [0.4, 0.5) is 0 Å². The summed E-state index contributed by atoms with van der Waals surface area (Å²) in [5.74, 6) is -0.216. The van der Waals surface area contributed by atoms with Gasteiger partial charge in [0.25, 0.3) is 0 Å². The summed E-state index contributed by atoms with van der Waals surface area (Å²) in [5.41, 5.74) is 1.69. The summed E-state index contributed by atoms with van der Waals surface area (Å²) in [5, 5.41) is 9.35. The monoisotopic (exact) mass is 363 g/mol.